The van der Waals surface area contributed by atoms with Crippen LogP contribution in [-0.2, 0) is 4.74 Å². The number of nitrogens with one attached hydrogen (secondary N) is 1. The van der Waals surface area contributed by atoms with Gasteiger partial charge in [-0.15, -0.1) is 0 Å². The predicted molar refractivity (Wildman–Crippen MR) is 95.3 cm³/mol. The topological polar surface area (TPSA) is 50.3 Å². The molecule has 2 aromatic rings. The highest BCUT2D eigenvalue weighted by molar-refractivity contribution is 6.30. The van der Waals surface area contributed by atoms with Crippen molar-refractivity contribution in [1.82, 2.24) is 14.9 Å². The largest absolute Gasteiger partial charge is 0.372 e. The highest BCUT2D eigenvalue weighted by Gasteiger charge is 2.33. The van der Waals surface area contributed by atoms with E-state index in [4.69, 9.17) is 16.3 Å². The van der Waals surface area contributed by atoms with Crippen LogP contribution in [0, 0.1) is 0 Å². The van der Waals surface area contributed by atoms with Crippen molar-refractivity contribution in [3.63, 3.8) is 0 Å². The third kappa shape index (κ3) is 3.69. The first-order valence-corrected chi connectivity index (χ1v) is 8.85. The van der Waals surface area contributed by atoms with E-state index in [0.29, 0.717) is 23.1 Å². The van der Waals surface area contributed by atoms with Gasteiger partial charge in [-0.1, -0.05) is 23.7 Å². The zero-order valence-electron chi connectivity index (χ0n) is 13.5. The highest BCUT2D eigenvalue weighted by Crippen LogP contribution is 2.26. The molecule has 5 nitrogen and oxygen atoms in total. The molecule has 2 atom stereocenters. The number of hydrogen-bond donors (Lipinski definition) is 1. The maximum absolute atomic E-state index is 6.05. The lowest BCUT2D eigenvalue weighted by Crippen LogP contribution is -2.44. The first kappa shape index (κ1) is 15.8. The summed E-state index contributed by atoms with van der Waals surface area (Å²) in [5.41, 5.74) is 0.927. The van der Waals surface area contributed by atoms with Crippen molar-refractivity contribution in [3.8, 4) is 11.4 Å². The number of likely N-dealkylation sites (tertiary alicyclic amines) is 1. The van der Waals surface area contributed by atoms with E-state index in [-0.39, 0.29) is 0 Å². The fraction of sp³-hybridized carbons (Fsp3) is 0.444. The summed E-state index contributed by atoms with van der Waals surface area (Å²) in [7, 11) is 0. The summed E-state index contributed by atoms with van der Waals surface area (Å²) in [6.07, 6.45) is 5.09. The number of halogens is 1. The van der Waals surface area contributed by atoms with Gasteiger partial charge in [0.2, 0.25) is 0 Å². The molecule has 1 aromatic carbocycles. The van der Waals surface area contributed by atoms with Crippen LogP contribution in [0.1, 0.15) is 12.8 Å². The van der Waals surface area contributed by atoms with E-state index in [0.717, 1.165) is 37.6 Å². The summed E-state index contributed by atoms with van der Waals surface area (Å²) in [4.78, 5) is 11.4. The van der Waals surface area contributed by atoms with E-state index in [1.165, 1.54) is 12.8 Å². The SMILES string of the molecule is Clc1cccc(-c2nccc(NCCN3CC4CCC(C3)O4)n2)c1. The maximum Gasteiger partial charge on any atom is 0.161 e. The van der Waals surface area contributed by atoms with Gasteiger partial charge in [-0.3, -0.25) is 4.90 Å². The standard InChI is InChI=1S/C18H21ClN4O/c19-14-3-1-2-13(10-14)18-21-7-6-17(22-18)20-8-9-23-11-15-4-5-16(12-23)24-15/h1-3,6-7,10,15-16H,4-5,8-9,11-12H2,(H,20,21,22). The van der Waals surface area contributed by atoms with Crippen molar-refractivity contribution in [2.75, 3.05) is 31.5 Å². The van der Waals surface area contributed by atoms with Gasteiger partial charge in [0.25, 0.3) is 0 Å². The Morgan fingerprint density at radius 1 is 1.21 bits per heavy atom. The molecule has 0 radical (unpaired) electrons. The minimum atomic E-state index is 0.442. The molecule has 1 N–H and O–H groups in total. The van der Waals surface area contributed by atoms with Crippen LogP contribution >= 0.6 is 11.6 Å². The average Bonchev–Trinajstić information content (AvgIpc) is 2.94. The van der Waals surface area contributed by atoms with Gasteiger partial charge in [-0.2, -0.15) is 0 Å². The highest BCUT2D eigenvalue weighted by atomic mass is 35.5. The van der Waals surface area contributed by atoms with Gasteiger partial charge in [0.05, 0.1) is 12.2 Å². The zero-order chi connectivity index (χ0) is 16.4. The second-order valence-electron chi connectivity index (χ2n) is 6.42. The van der Waals surface area contributed by atoms with Gasteiger partial charge in [0.1, 0.15) is 5.82 Å². The molecule has 0 amide bonds. The van der Waals surface area contributed by atoms with Gasteiger partial charge >= 0.3 is 0 Å². The van der Waals surface area contributed by atoms with Gasteiger partial charge in [-0.25, -0.2) is 9.97 Å². The van der Waals surface area contributed by atoms with E-state index in [9.17, 15) is 0 Å². The van der Waals surface area contributed by atoms with Crippen LogP contribution in [0.5, 0.6) is 0 Å². The Balaban J connectivity index is 1.34. The summed E-state index contributed by atoms with van der Waals surface area (Å²) < 4.78 is 5.87. The van der Waals surface area contributed by atoms with Crippen molar-refractivity contribution in [2.45, 2.75) is 25.0 Å². The smallest absolute Gasteiger partial charge is 0.161 e. The molecule has 4 rings (SSSR count). The molecule has 2 aliphatic rings. The zero-order valence-corrected chi connectivity index (χ0v) is 14.2. The lowest BCUT2D eigenvalue weighted by atomic mass is 10.2. The molecule has 2 aliphatic heterocycles. The fourth-order valence-electron chi connectivity index (χ4n) is 3.45. The van der Waals surface area contributed by atoms with Crippen LogP contribution in [0.4, 0.5) is 5.82 Å². The first-order chi connectivity index (χ1) is 11.8. The molecular weight excluding hydrogens is 324 g/mol. The van der Waals surface area contributed by atoms with Crippen LogP contribution in [0.3, 0.4) is 0 Å². The second-order valence-corrected chi connectivity index (χ2v) is 6.86. The monoisotopic (exact) mass is 344 g/mol. The molecule has 24 heavy (non-hydrogen) atoms. The predicted octanol–water partition coefficient (Wildman–Crippen LogP) is 3.07. The number of ether oxygens (including phenoxy) is 1. The van der Waals surface area contributed by atoms with Crippen molar-refractivity contribution in [2.24, 2.45) is 0 Å². The molecule has 2 bridgehead atoms. The summed E-state index contributed by atoms with van der Waals surface area (Å²) in [6, 6.07) is 9.51. The Hall–Kier alpha value is -1.69. The number of anilines is 1. The number of nitrogens with zero attached hydrogens (tertiary/aromatic N) is 3. The number of fused-ring (bicyclic) bond motifs is 2. The third-order valence-electron chi connectivity index (χ3n) is 4.59. The lowest BCUT2D eigenvalue weighted by molar-refractivity contribution is -0.0368. The van der Waals surface area contributed by atoms with Crippen LogP contribution in [-0.4, -0.2) is 53.3 Å². The summed E-state index contributed by atoms with van der Waals surface area (Å²) in [5, 5.41) is 4.09. The van der Waals surface area contributed by atoms with E-state index in [1.54, 1.807) is 6.20 Å². The number of morpholine rings is 1. The molecule has 2 unspecified atom stereocenters. The molecule has 0 spiro atoms. The van der Waals surface area contributed by atoms with Gasteiger partial charge in [0.15, 0.2) is 5.82 Å². The molecule has 3 heterocycles. The Morgan fingerprint density at radius 2 is 2.04 bits per heavy atom. The number of aromatic nitrogens is 2. The van der Waals surface area contributed by atoms with Gasteiger partial charge in [-0.05, 0) is 31.0 Å². The third-order valence-corrected chi connectivity index (χ3v) is 4.83. The molecule has 2 saturated heterocycles. The van der Waals surface area contributed by atoms with E-state index in [1.807, 2.05) is 30.3 Å². The average molecular weight is 345 g/mol. The first-order valence-electron chi connectivity index (χ1n) is 8.47. The van der Waals surface area contributed by atoms with E-state index in [2.05, 4.69) is 20.2 Å². The normalized spacial score (nSPS) is 23.4. The fourth-order valence-corrected chi connectivity index (χ4v) is 3.64. The molecule has 1 aromatic heterocycles. The number of rotatable bonds is 5. The number of benzene rings is 1. The van der Waals surface area contributed by atoms with Crippen LogP contribution in [0.25, 0.3) is 11.4 Å². The lowest BCUT2D eigenvalue weighted by Gasteiger charge is -2.32. The Bertz CT molecular complexity index is 699. The van der Waals surface area contributed by atoms with Gasteiger partial charge < -0.3 is 10.1 Å². The molecular formula is C18H21ClN4O. The van der Waals surface area contributed by atoms with E-state index < -0.39 is 0 Å². The van der Waals surface area contributed by atoms with Crippen molar-refractivity contribution in [3.05, 3.63) is 41.6 Å². The summed E-state index contributed by atoms with van der Waals surface area (Å²) in [6.45, 7) is 3.98. The molecule has 2 fully saturated rings. The van der Waals surface area contributed by atoms with Crippen LogP contribution in [0.2, 0.25) is 5.02 Å². The molecule has 6 heteroatoms. The van der Waals surface area contributed by atoms with Crippen molar-refractivity contribution >= 4 is 17.4 Å². The quantitative estimate of drug-likeness (QED) is 0.903. The molecule has 0 saturated carbocycles. The second kappa shape index (κ2) is 7.05. The van der Waals surface area contributed by atoms with Gasteiger partial charge in [0, 0.05) is 43.0 Å². The maximum atomic E-state index is 6.05. The Kier molecular flexibility index (Phi) is 4.65. The van der Waals surface area contributed by atoms with Crippen molar-refractivity contribution < 1.29 is 4.74 Å². The number of hydrogen-bond acceptors (Lipinski definition) is 5. The van der Waals surface area contributed by atoms with Crippen LogP contribution < -0.4 is 5.32 Å². The summed E-state index contributed by atoms with van der Waals surface area (Å²) >= 11 is 6.05. The Morgan fingerprint density at radius 3 is 2.83 bits per heavy atom. The van der Waals surface area contributed by atoms with E-state index >= 15 is 0 Å². The van der Waals surface area contributed by atoms with Crippen molar-refractivity contribution in [1.29, 1.82) is 0 Å². The molecule has 0 aliphatic carbocycles. The summed E-state index contributed by atoms with van der Waals surface area (Å²) in [5.74, 6) is 1.53. The minimum absolute atomic E-state index is 0.442. The Labute approximate surface area is 147 Å². The molecule has 126 valence electrons. The minimum Gasteiger partial charge on any atom is -0.372 e. The van der Waals surface area contributed by atoms with Crippen LogP contribution in [0.15, 0.2) is 36.5 Å².